The Hall–Kier alpha value is -0.570. The zero-order valence-electron chi connectivity index (χ0n) is 13.3. The molecule has 0 aromatic rings. The van der Waals surface area contributed by atoms with E-state index < -0.39 is 0 Å². The first-order chi connectivity index (χ1) is 8.85. The molecule has 2 aliphatic rings. The summed E-state index contributed by atoms with van der Waals surface area (Å²) in [6.45, 7) is 11.0. The number of hydrogen-bond donors (Lipinski definition) is 1. The molecule has 1 saturated carbocycles. The number of rotatable bonds is 4. The molecule has 19 heavy (non-hydrogen) atoms. The van der Waals surface area contributed by atoms with Gasteiger partial charge in [0.05, 0.1) is 11.7 Å². The van der Waals surface area contributed by atoms with E-state index in [0.29, 0.717) is 11.9 Å². The van der Waals surface area contributed by atoms with Crippen molar-refractivity contribution in [3.8, 4) is 0 Å². The molecule has 3 unspecified atom stereocenters. The Morgan fingerprint density at radius 1 is 1.32 bits per heavy atom. The van der Waals surface area contributed by atoms with E-state index in [0.717, 1.165) is 19.3 Å². The lowest BCUT2D eigenvalue weighted by molar-refractivity contribution is -0.137. The number of carbonyl (C=O) groups excluding carboxylic acids is 1. The van der Waals surface area contributed by atoms with Crippen LogP contribution in [0.15, 0.2) is 0 Å². The van der Waals surface area contributed by atoms with Crippen molar-refractivity contribution < 1.29 is 4.79 Å². The minimum absolute atomic E-state index is 0.241. The van der Waals surface area contributed by atoms with Gasteiger partial charge in [0.2, 0.25) is 5.91 Å². The average molecular weight is 266 g/mol. The molecule has 2 fully saturated rings. The molecule has 1 N–H and O–H groups in total. The van der Waals surface area contributed by atoms with Crippen molar-refractivity contribution in [1.29, 1.82) is 0 Å². The first-order valence-electron chi connectivity index (χ1n) is 7.96. The molecule has 1 heterocycles. The first kappa shape index (κ1) is 14.8. The molecule has 0 radical (unpaired) electrons. The summed E-state index contributed by atoms with van der Waals surface area (Å²) >= 11 is 0. The Kier molecular flexibility index (Phi) is 3.97. The molecular weight excluding hydrogens is 236 g/mol. The molecule has 0 spiro atoms. The third-order valence-electron chi connectivity index (χ3n) is 5.33. The van der Waals surface area contributed by atoms with Gasteiger partial charge in [-0.2, -0.15) is 0 Å². The molecule has 1 amide bonds. The van der Waals surface area contributed by atoms with Gasteiger partial charge >= 0.3 is 0 Å². The normalized spacial score (nSPS) is 38.2. The Bertz CT molecular complexity index is 353. The van der Waals surface area contributed by atoms with Crippen molar-refractivity contribution >= 4 is 5.91 Å². The molecule has 3 atom stereocenters. The highest BCUT2D eigenvalue weighted by Gasteiger charge is 2.52. The van der Waals surface area contributed by atoms with Gasteiger partial charge in [-0.25, -0.2) is 0 Å². The van der Waals surface area contributed by atoms with Gasteiger partial charge in [0, 0.05) is 6.04 Å². The van der Waals surface area contributed by atoms with Crippen LogP contribution in [0.2, 0.25) is 0 Å². The van der Waals surface area contributed by atoms with Crippen molar-refractivity contribution in [2.75, 3.05) is 0 Å². The van der Waals surface area contributed by atoms with Gasteiger partial charge in [0.15, 0.2) is 0 Å². The fourth-order valence-electron chi connectivity index (χ4n) is 3.85. The minimum Gasteiger partial charge on any atom is -0.322 e. The van der Waals surface area contributed by atoms with Crippen LogP contribution in [0.25, 0.3) is 0 Å². The summed E-state index contributed by atoms with van der Waals surface area (Å²) in [7, 11) is 0. The van der Waals surface area contributed by atoms with Crippen LogP contribution in [-0.2, 0) is 4.79 Å². The third kappa shape index (κ3) is 2.42. The number of hydrogen-bond acceptors (Lipinski definition) is 2. The summed E-state index contributed by atoms with van der Waals surface area (Å²) in [5.41, 5.74) is -0.0825. The Morgan fingerprint density at radius 3 is 2.47 bits per heavy atom. The van der Waals surface area contributed by atoms with Gasteiger partial charge in [-0.1, -0.05) is 40.5 Å². The number of amides is 1. The van der Waals surface area contributed by atoms with Crippen LogP contribution in [-0.4, -0.2) is 28.6 Å². The molecule has 0 aromatic carbocycles. The van der Waals surface area contributed by atoms with E-state index in [9.17, 15) is 4.79 Å². The van der Waals surface area contributed by atoms with Crippen LogP contribution in [0.5, 0.6) is 0 Å². The summed E-state index contributed by atoms with van der Waals surface area (Å²) in [5, 5.41) is 3.61. The summed E-state index contributed by atoms with van der Waals surface area (Å²) in [6, 6.07) is 0.414. The molecule has 1 saturated heterocycles. The van der Waals surface area contributed by atoms with Crippen molar-refractivity contribution in [3.05, 3.63) is 0 Å². The average Bonchev–Trinajstić information content (AvgIpc) is 2.80. The summed E-state index contributed by atoms with van der Waals surface area (Å²) in [6.07, 6.45) is 6.95. The van der Waals surface area contributed by atoms with Crippen LogP contribution < -0.4 is 5.32 Å². The van der Waals surface area contributed by atoms with Gasteiger partial charge < -0.3 is 4.90 Å². The predicted octanol–water partition coefficient (Wildman–Crippen LogP) is 3.29. The summed E-state index contributed by atoms with van der Waals surface area (Å²) < 4.78 is 0. The smallest absolute Gasteiger partial charge is 0.244 e. The maximum atomic E-state index is 12.9. The quantitative estimate of drug-likeness (QED) is 0.847. The van der Waals surface area contributed by atoms with Gasteiger partial charge in [-0.05, 0) is 38.0 Å². The lowest BCUT2D eigenvalue weighted by Crippen LogP contribution is -2.49. The van der Waals surface area contributed by atoms with Crippen LogP contribution in [0.4, 0.5) is 0 Å². The van der Waals surface area contributed by atoms with Crippen LogP contribution in [0.1, 0.15) is 73.1 Å². The van der Waals surface area contributed by atoms with E-state index in [1.807, 2.05) is 0 Å². The van der Waals surface area contributed by atoms with Gasteiger partial charge in [-0.3, -0.25) is 10.1 Å². The van der Waals surface area contributed by atoms with E-state index >= 15 is 0 Å². The number of nitrogens with zero attached hydrogens (tertiary/aromatic N) is 1. The van der Waals surface area contributed by atoms with Crippen molar-refractivity contribution in [1.82, 2.24) is 10.2 Å². The maximum Gasteiger partial charge on any atom is 0.244 e. The summed E-state index contributed by atoms with van der Waals surface area (Å²) in [4.78, 5) is 15.1. The predicted molar refractivity (Wildman–Crippen MR) is 78.8 cm³/mol. The molecule has 3 nitrogen and oxygen atoms in total. The molecule has 110 valence electrons. The molecule has 0 bridgehead atoms. The van der Waals surface area contributed by atoms with Gasteiger partial charge in [0.25, 0.3) is 0 Å². The van der Waals surface area contributed by atoms with Crippen LogP contribution in [0, 0.1) is 5.41 Å². The fourth-order valence-corrected chi connectivity index (χ4v) is 3.85. The number of nitrogens with one attached hydrogen (secondary N) is 1. The van der Waals surface area contributed by atoms with Crippen LogP contribution in [0.3, 0.4) is 0 Å². The highest BCUT2D eigenvalue weighted by molar-refractivity contribution is 5.88. The molecule has 1 aliphatic heterocycles. The molecule has 0 aromatic heterocycles. The monoisotopic (exact) mass is 266 g/mol. The van der Waals surface area contributed by atoms with Crippen molar-refractivity contribution in [2.24, 2.45) is 5.41 Å². The van der Waals surface area contributed by atoms with E-state index in [-0.39, 0.29) is 17.1 Å². The molecule has 2 rings (SSSR count). The molecule has 1 aliphatic carbocycles. The number of carbonyl (C=O) groups is 1. The second-order valence-corrected chi connectivity index (χ2v) is 7.24. The van der Waals surface area contributed by atoms with Gasteiger partial charge in [-0.15, -0.1) is 0 Å². The zero-order valence-corrected chi connectivity index (χ0v) is 13.3. The standard InChI is InChI=1S/C16H30N2O/c1-6-9-13-17-16(5,7-2)14(19)18(13)12-10-8-11-15(12,3)4/h12-13,17H,6-11H2,1-5H3. The van der Waals surface area contributed by atoms with Crippen LogP contribution >= 0.6 is 0 Å². The zero-order chi connectivity index (χ0) is 14.3. The second-order valence-electron chi connectivity index (χ2n) is 7.24. The van der Waals surface area contributed by atoms with E-state index in [4.69, 9.17) is 0 Å². The molecular formula is C16H30N2O. The molecule has 3 heteroatoms. The first-order valence-corrected chi connectivity index (χ1v) is 7.96. The maximum absolute atomic E-state index is 12.9. The largest absolute Gasteiger partial charge is 0.322 e. The highest BCUT2D eigenvalue weighted by Crippen LogP contribution is 2.44. The Labute approximate surface area is 118 Å². The lowest BCUT2D eigenvalue weighted by Gasteiger charge is -2.38. The SMILES string of the molecule is CCCC1NC(C)(CC)C(=O)N1C1CCCC1(C)C. The lowest BCUT2D eigenvalue weighted by atomic mass is 9.85. The minimum atomic E-state index is -0.349. The Balaban J connectivity index is 2.27. The summed E-state index contributed by atoms with van der Waals surface area (Å²) in [5.74, 6) is 0.327. The van der Waals surface area contributed by atoms with Gasteiger partial charge in [0.1, 0.15) is 0 Å². The van der Waals surface area contributed by atoms with E-state index in [1.165, 1.54) is 19.3 Å². The highest BCUT2D eigenvalue weighted by atomic mass is 16.2. The second kappa shape index (κ2) is 5.08. The third-order valence-corrected chi connectivity index (χ3v) is 5.33. The van der Waals surface area contributed by atoms with E-state index in [1.54, 1.807) is 0 Å². The Morgan fingerprint density at radius 2 is 2.00 bits per heavy atom. The van der Waals surface area contributed by atoms with Crippen molar-refractivity contribution in [3.63, 3.8) is 0 Å². The topological polar surface area (TPSA) is 32.3 Å². The fraction of sp³-hybridized carbons (Fsp3) is 0.938. The van der Waals surface area contributed by atoms with Crippen molar-refractivity contribution in [2.45, 2.75) is 90.9 Å². The van der Waals surface area contributed by atoms with E-state index in [2.05, 4.69) is 44.8 Å².